The molecule has 0 spiro atoms. The predicted octanol–water partition coefficient (Wildman–Crippen LogP) is 4.82. The van der Waals surface area contributed by atoms with Gasteiger partial charge >= 0.3 is 0 Å². The largest absolute Gasteiger partial charge is 0.380 e. The smallest absolute Gasteiger partial charge is 0.147 e. The minimum absolute atomic E-state index is 0.282. The van der Waals surface area contributed by atoms with Gasteiger partial charge in [-0.3, -0.25) is 0 Å². The number of nitrogens with one attached hydrogen (secondary N) is 1. The van der Waals surface area contributed by atoms with Crippen LogP contribution in [0.5, 0.6) is 0 Å². The topological polar surface area (TPSA) is 35.8 Å². The van der Waals surface area contributed by atoms with E-state index >= 15 is 0 Å². The van der Waals surface area contributed by atoms with Crippen LogP contribution >= 0.6 is 15.9 Å². The van der Waals surface area contributed by atoms with Crippen molar-refractivity contribution in [2.24, 2.45) is 0 Å². The molecular formula is C17H14BrFN2. The van der Waals surface area contributed by atoms with Crippen molar-refractivity contribution < 1.29 is 4.39 Å². The predicted molar refractivity (Wildman–Crippen MR) is 84.6 cm³/mol. The second kappa shape index (κ2) is 5.87. The number of nitrogens with zero attached hydrogens (tertiary/aromatic N) is 1. The van der Waals surface area contributed by atoms with Crippen molar-refractivity contribution in [3.63, 3.8) is 0 Å². The fraction of sp³-hybridized carbons (Fsp3) is 0.235. The second-order valence-electron chi connectivity index (χ2n) is 5.34. The van der Waals surface area contributed by atoms with E-state index < -0.39 is 0 Å². The van der Waals surface area contributed by atoms with E-state index in [-0.39, 0.29) is 11.9 Å². The average Bonchev–Trinajstić information content (AvgIpc) is 2.45. The van der Waals surface area contributed by atoms with Crippen molar-refractivity contribution >= 4 is 21.6 Å². The lowest BCUT2D eigenvalue weighted by molar-refractivity contribution is 0.372. The van der Waals surface area contributed by atoms with Gasteiger partial charge in [-0.1, -0.05) is 34.1 Å². The zero-order chi connectivity index (χ0) is 14.8. The van der Waals surface area contributed by atoms with E-state index in [0.717, 1.165) is 17.3 Å². The summed E-state index contributed by atoms with van der Waals surface area (Å²) in [7, 11) is 0. The van der Waals surface area contributed by atoms with Crippen LogP contribution in [0.15, 0.2) is 46.9 Å². The molecule has 0 saturated heterocycles. The first-order valence-corrected chi connectivity index (χ1v) is 7.67. The summed E-state index contributed by atoms with van der Waals surface area (Å²) in [5.74, 6) is 0.151. The van der Waals surface area contributed by atoms with E-state index in [1.54, 1.807) is 12.1 Å². The first kappa shape index (κ1) is 14.1. The minimum Gasteiger partial charge on any atom is -0.380 e. The lowest BCUT2D eigenvalue weighted by atomic mass is 9.76. The van der Waals surface area contributed by atoms with Gasteiger partial charge < -0.3 is 5.32 Å². The summed E-state index contributed by atoms with van der Waals surface area (Å²) in [6, 6.07) is 15.0. The molecule has 1 fully saturated rings. The van der Waals surface area contributed by atoms with Gasteiger partial charge in [-0.05, 0) is 48.6 Å². The van der Waals surface area contributed by atoms with Crippen molar-refractivity contribution in [1.82, 2.24) is 0 Å². The molecule has 1 aliphatic carbocycles. The Bertz CT molecular complexity index is 702. The molecule has 4 heteroatoms. The molecule has 106 valence electrons. The number of hydrogen-bond acceptors (Lipinski definition) is 2. The number of halogens is 2. The number of benzene rings is 2. The molecule has 1 saturated carbocycles. The molecular weight excluding hydrogens is 331 g/mol. The highest BCUT2D eigenvalue weighted by Crippen LogP contribution is 2.41. The van der Waals surface area contributed by atoms with E-state index in [1.165, 1.54) is 11.6 Å². The van der Waals surface area contributed by atoms with Crippen molar-refractivity contribution in [3.05, 3.63) is 63.9 Å². The molecule has 0 radical (unpaired) electrons. The Morgan fingerprint density at radius 2 is 1.95 bits per heavy atom. The van der Waals surface area contributed by atoms with Gasteiger partial charge in [-0.2, -0.15) is 5.26 Å². The molecule has 0 aromatic heterocycles. The third-order valence-electron chi connectivity index (χ3n) is 3.94. The first-order chi connectivity index (χ1) is 10.2. The summed E-state index contributed by atoms with van der Waals surface area (Å²) < 4.78 is 15.0. The highest BCUT2D eigenvalue weighted by atomic mass is 79.9. The van der Waals surface area contributed by atoms with Gasteiger partial charge in [0.05, 0.1) is 17.3 Å². The fourth-order valence-electron chi connectivity index (χ4n) is 2.72. The number of anilines is 1. The Hall–Kier alpha value is -1.86. The van der Waals surface area contributed by atoms with Crippen LogP contribution in [0.25, 0.3) is 0 Å². The molecule has 2 aromatic carbocycles. The van der Waals surface area contributed by atoms with Crippen LogP contribution in [0.3, 0.4) is 0 Å². The maximum atomic E-state index is 13.8. The summed E-state index contributed by atoms with van der Waals surface area (Å²) in [5.41, 5.74) is 2.14. The molecule has 0 atom stereocenters. The monoisotopic (exact) mass is 344 g/mol. The standard InChI is InChI=1S/C17H14BrFN2/c18-15-4-2-1-3-14(15)12-8-13(9-12)21-17-6-5-11(10-20)7-16(17)19/h1-7,12-13,21H,8-9H2. The third-order valence-corrected chi connectivity index (χ3v) is 4.66. The number of nitriles is 1. The van der Waals surface area contributed by atoms with Crippen LogP contribution < -0.4 is 5.32 Å². The van der Waals surface area contributed by atoms with Gasteiger partial charge in [0.2, 0.25) is 0 Å². The zero-order valence-corrected chi connectivity index (χ0v) is 12.9. The molecule has 2 nitrogen and oxygen atoms in total. The molecule has 1 N–H and O–H groups in total. The van der Waals surface area contributed by atoms with Crippen molar-refractivity contribution in [2.75, 3.05) is 5.32 Å². The maximum absolute atomic E-state index is 13.8. The van der Waals surface area contributed by atoms with Crippen molar-refractivity contribution in [1.29, 1.82) is 5.26 Å². The summed E-state index contributed by atoms with van der Waals surface area (Å²) in [6.07, 6.45) is 1.98. The summed E-state index contributed by atoms with van der Waals surface area (Å²) in [6.45, 7) is 0. The Labute approximate surface area is 131 Å². The molecule has 2 aromatic rings. The maximum Gasteiger partial charge on any atom is 0.147 e. The van der Waals surface area contributed by atoms with Crippen LogP contribution in [0.1, 0.15) is 29.9 Å². The average molecular weight is 345 g/mol. The minimum atomic E-state index is -0.363. The lowest BCUT2D eigenvalue weighted by Crippen LogP contribution is -2.34. The molecule has 3 rings (SSSR count). The molecule has 0 amide bonds. The highest BCUT2D eigenvalue weighted by molar-refractivity contribution is 9.10. The quantitative estimate of drug-likeness (QED) is 0.866. The Kier molecular flexibility index (Phi) is 3.94. The first-order valence-electron chi connectivity index (χ1n) is 6.88. The van der Waals surface area contributed by atoms with E-state index in [0.29, 0.717) is 17.2 Å². The molecule has 0 bridgehead atoms. The van der Waals surface area contributed by atoms with E-state index in [4.69, 9.17) is 5.26 Å². The van der Waals surface area contributed by atoms with Gasteiger partial charge in [0.1, 0.15) is 5.82 Å². The second-order valence-corrected chi connectivity index (χ2v) is 6.19. The normalized spacial score (nSPS) is 20.4. The SMILES string of the molecule is N#Cc1ccc(NC2CC(c3ccccc3Br)C2)c(F)c1. The fourth-order valence-corrected chi connectivity index (χ4v) is 3.33. The van der Waals surface area contributed by atoms with Crippen LogP contribution in [0.4, 0.5) is 10.1 Å². The van der Waals surface area contributed by atoms with Gasteiger partial charge in [-0.15, -0.1) is 0 Å². The molecule has 1 aliphatic rings. The van der Waals surface area contributed by atoms with Crippen LogP contribution in [-0.2, 0) is 0 Å². The third kappa shape index (κ3) is 2.93. The Morgan fingerprint density at radius 1 is 1.19 bits per heavy atom. The van der Waals surface area contributed by atoms with Gasteiger partial charge in [0, 0.05) is 10.5 Å². The van der Waals surface area contributed by atoms with Gasteiger partial charge in [0.25, 0.3) is 0 Å². The Morgan fingerprint density at radius 3 is 2.62 bits per heavy atom. The Balaban J connectivity index is 1.63. The molecule has 0 aliphatic heterocycles. The summed E-state index contributed by atoms with van der Waals surface area (Å²) in [5, 5.41) is 12.0. The number of hydrogen-bond donors (Lipinski definition) is 1. The van der Waals surface area contributed by atoms with E-state index in [2.05, 4.69) is 33.4 Å². The lowest BCUT2D eigenvalue weighted by Gasteiger charge is -2.37. The van der Waals surface area contributed by atoms with E-state index in [9.17, 15) is 4.39 Å². The van der Waals surface area contributed by atoms with Gasteiger partial charge in [0.15, 0.2) is 0 Å². The van der Waals surface area contributed by atoms with Crippen LogP contribution in [0.2, 0.25) is 0 Å². The van der Waals surface area contributed by atoms with Crippen molar-refractivity contribution in [2.45, 2.75) is 24.8 Å². The van der Waals surface area contributed by atoms with Crippen LogP contribution in [-0.4, -0.2) is 6.04 Å². The molecule has 21 heavy (non-hydrogen) atoms. The highest BCUT2D eigenvalue weighted by Gasteiger charge is 2.31. The number of rotatable bonds is 3. The summed E-state index contributed by atoms with van der Waals surface area (Å²) >= 11 is 3.57. The molecule has 0 heterocycles. The van der Waals surface area contributed by atoms with E-state index in [1.807, 2.05) is 18.2 Å². The van der Waals surface area contributed by atoms with Gasteiger partial charge in [-0.25, -0.2) is 4.39 Å². The molecule has 0 unspecified atom stereocenters. The van der Waals surface area contributed by atoms with Crippen molar-refractivity contribution in [3.8, 4) is 6.07 Å². The summed E-state index contributed by atoms with van der Waals surface area (Å²) in [4.78, 5) is 0. The van der Waals surface area contributed by atoms with Crippen LogP contribution in [0, 0.1) is 17.1 Å². The zero-order valence-electron chi connectivity index (χ0n) is 11.3.